The molecule has 3 nitrogen and oxygen atoms in total. The van der Waals surface area contributed by atoms with Crippen LogP contribution in [0.15, 0.2) is 0 Å². The lowest BCUT2D eigenvalue weighted by molar-refractivity contribution is -0.142. The van der Waals surface area contributed by atoms with E-state index < -0.39 is 0 Å². The Bertz CT molecular complexity index is 202. The minimum Gasteiger partial charge on any atom is -0.354 e. The zero-order valence-corrected chi connectivity index (χ0v) is 8.46. The number of nitrogens with one attached hydrogen (secondary N) is 1. The molecule has 0 atom stereocenters. The molecule has 5 heteroatoms. The van der Waals surface area contributed by atoms with Crippen molar-refractivity contribution in [1.29, 1.82) is 0 Å². The highest BCUT2D eigenvalue weighted by Crippen LogP contribution is 2.38. The number of carbonyl (C=O) groups is 1. The number of carbonyl (C=O) groups excluding carboxylic acids is 1. The first-order valence-electron chi connectivity index (χ1n) is 4.12. The van der Waals surface area contributed by atoms with Crippen molar-refractivity contribution < 1.29 is 4.79 Å². The van der Waals surface area contributed by atoms with E-state index in [0.29, 0.717) is 0 Å². The third-order valence-electron chi connectivity index (χ3n) is 2.86. The Hall–Kier alpha value is 0.130. The van der Waals surface area contributed by atoms with Gasteiger partial charge in [0, 0.05) is 19.6 Å². The molecule has 0 unspecified atom stereocenters. The molecular weight excluding hydrogens is 192 g/mol. The molecule has 1 N–H and O–H groups in total. The van der Waals surface area contributed by atoms with Gasteiger partial charge in [-0.2, -0.15) is 0 Å². The van der Waals surface area contributed by atoms with Gasteiger partial charge in [-0.05, 0) is 23.8 Å². The van der Waals surface area contributed by atoms with Crippen LogP contribution in [0, 0.1) is 5.41 Å². The molecule has 0 aromatic rings. The Labute approximate surface area is 81.2 Å². The van der Waals surface area contributed by atoms with E-state index in [1.54, 1.807) is 0 Å². The second-order valence-corrected chi connectivity index (χ2v) is 4.64. The lowest BCUT2D eigenvalue weighted by Crippen LogP contribution is -2.62. The van der Waals surface area contributed by atoms with Gasteiger partial charge in [-0.25, -0.2) is 4.31 Å². The van der Waals surface area contributed by atoms with Crippen LogP contribution in [0.25, 0.3) is 0 Å². The Morgan fingerprint density at radius 1 is 1.50 bits per heavy atom. The predicted octanol–water partition coefficient (Wildman–Crippen LogP) is 0.691. The summed E-state index contributed by atoms with van der Waals surface area (Å²) in [5.74, 6) is 0.256. The molecule has 2 aliphatic rings. The first-order chi connectivity index (χ1) is 5.77. The fraction of sp³-hybridized carbons (Fsp3) is 0.857. The summed E-state index contributed by atoms with van der Waals surface area (Å²) in [6.07, 6.45) is 1.98. The number of nitrogens with zero attached hydrogens (tertiary/aromatic N) is 1. The number of hydrogen-bond donors (Lipinski definition) is 2. The highest BCUT2D eigenvalue weighted by atomic mass is 33.1. The Balaban J connectivity index is 1.93. The SMILES string of the molecule is O=C1NCC12CCN(SS)CC2. The van der Waals surface area contributed by atoms with Gasteiger partial charge in [-0.3, -0.25) is 4.79 Å². The van der Waals surface area contributed by atoms with Gasteiger partial charge < -0.3 is 5.32 Å². The molecule has 0 saturated carbocycles. The topological polar surface area (TPSA) is 32.3 Å². The fourth-order valence-corrected chi connectivity index (χ4v) is 2.65. The van der Waals surface area contributed by atoms with Crippen molar-refractivity contribution in [3.05, 3.63) is 0 Å². The van der Waals surface area contributed by atoms with Crippen molar-refractivity contribution in [2.24, 2.45) is 5.41 Å². The van der Waals surface area contributed by atoms with Crippen molar-refractivity contribution in [2.75, 3.05) is 19.6 Å². The summed E-state index contributed by atoms with van der Waals surface area (Å²) in [5, 5.41) is 2.82. The first kappa shape index (κ1) is 8.72. The molecule has 0 aliphatic carbocycles. The predicted molar refractivity (Wildman–Crippen MR) is 52.8 cm³/mol. The maximum Gasteiger partial charge on any atom is 0.228 e. The minimum atomic E-state index is 0.00000772. The minimum absolute atomic E-state index is 0.00000772. The number of amides is 1. The van der Waals surface area contributed by atoms with Crippen LogP contribution >= 0.6 is 22.6 Å². The smallest absolute Gasteiger partial charge is 0.228 e. The van der Waals surface area contributed by atoms with E-state index >= 15 is 0 Å². The Kier molecular flexibility index (Phi) is 2.27. The summed E-state index contributed by atoms with van der Waals surface area (Å²) in [5.41, 5.74) is 0.00000772. The summed E-state index contributed by atoms with van der Waals surface area (Å²) in [7, 11) is 1.48. The number of piperidine rings is 1. The molecule has 2 heterocycles. The van der Waals surface area contributed by atoms with Crippen molar-refractivity contribution >= 4 is 28.5 Å². The molecule has 1 spiro atoms. The summed E-state index contributed by atoms with van der Waals surface area (Å²) >= 11 is 4.13. The van der Waals surface area contributed by atoms with Gasteiger partial charge in [0.15, 0.2) is 0 Å². The van der Waals surface area contributed by atoms with E-state index in [1.807, 2.05) is 0 Å². The Morgan fingerprint density at radius 2 is 2.17 bits per heavy atom. The quantitative estimate of drug-likeness (QED) is 0.285. The zero-order chi connectivity index (χ0) is 8.60. The van der Waals surface area contributed by atoms with E-state index in [9.17, 15) is 4.79 Å². The largest absolute Gasteiger partial charge is 0.354 e. The van der Waals surface area contributed by atoms with Crippen LogP contribution in [0.4, 0.5) is 0 Å². The molecule has 0 aromatic carbocycles. The van der Waals surface area contributed by atoms with Crippen molar-refractivity contribution in [3.8, 4) is 0 Å². The van der Waals surface area contributed by atoms with Gasteiger partial charge in [0.25, 0.3) is 0 Å². The van der Waals surface area contributed by atoms with Crippen LogP contribution in [0.1, 0.15) is 12.8 Å². The van der Waals surface area contributed by atoms with Gasteiger partial charge in [0.1, 0.15) is 0 Å². The normalized spacial score (nSPS) is 28.2. The highest BCUT2D eigenvalue weighted by molar-refractivity contribution is 8.67. The summed E-state index contributed by atoms with van der Waals surface area (Å²) in [6.45, 7) is 2.86. The summed E-state index contributed by atoms with van der Waals surface area (Å²) in [6, 6.07) is 0. The Morgan fingerprint density at radius 3 is 2.50 bits per heavy atom. The number of thiol groups is 1. The molecule has 0 aromatic heterocycles. The van der Waals surface area contributed by atoms with Crippen molar-refractivity contribution in [1.82, 2.24) is 9.62 Å². The molecular formula is C7H12N2OS2. The van der Waals surface area contributed by atoms with Gasteiger partial charge in [0.2, 0.25) is 5.91 Å². The average Bonchev–Trinajstić information content (AvgIpc) is 2.16. The van der Waals surface area contributed by atoms with E-state index in [4.69, 9.17) is 0 Å². The molecule has 12 heavy (non-hydrogen) atoms. The summed E-state index contributed by atoms with van der Waals surface area (Å²) < 4.78 is 2.19. The van der Waals surface area contributed by atoms with E-state index in [1.165, 1.54) is 11.0 Å². The molecule has 2 rings (SSSR count). The lowest BCUT2D eigenvalue weighted by Gasteiger charge is -2.45. The van der Waals surface area contributed by atoms with Crippen LogP contribution in [-0.4, -0.2) is 29.8 Å². The van der Waals surface area contributed by atoms with E-state index in [0.717, 1.165) is 32.5 Å². The first-order valence-corrected chi connectivity index (χ1v) is 5.94. The maximum absolute atomic E-state index is 11.2. The zero-order valence-electron chi connectivity index (χ0n) is 6.75. The second kappa shape index (κ2) is 3.12. The lowest BCUT2D eigenvalue weighted by atomic mass is 9.73. The molecule has 2 aliphatic heterocycles. The van der Waals surface area contributed by atoms with Gasteiger partial charge >= 0.3 is 0 Å². The third-order valence-corrected chi connectivity index (χ3v) is 4.15. The van der Waals surface area contributed by atoms with Crippen molar-refractivity contribution in [3.63, 3.8) is 0 Å². The number of hydrogen-bond acceptors (Lipinski definition) is 4. The van der Waals surface area contributed by atoms with Gasteiger partial charge in [0.05, 0.1) is 5.41 Å². The molecule has 1 amide bonds. The van der Waals surface area contributed by atoms with E-state index in [-0.39, 0.29) is 11.3 Å². The molecule has 2 saturated heterocycles. The van der Waals surface area contributed by atoms with Crippen LogP contribution in [-0.2, 0) is 4.79 Å². The van der Waals surface area contributed by atoms with Crippen LogP contribution < -0.4 is 5.32 Å². The van der Waals surface area contributed by atoms with Crippen LogP contribution in [0.2, 0.25) is 0 Å². The maximum atomic E-state index is 11.2. The second-order valence-electron chi connectivity index (χ2n) is 3.47. The molecule has 68 valence electrons. The molecule has 0 bridgehead atoms. The van der Waals surface area contributed by atoms with Gasteiger partial charge in [-0.15, -0.1) is 0 Å². The number of β-lactam (4-membered cyclic amide) rings is 1. The van der Waals surface area contributed by atoms with Crippen LogP contribution in [0.5, 0.6) is 0 Å². The summed E-state index contributed by atoms with van der Waals surface area (Å²) in [4.78, 5) is 11.2. The highest BCUT2D eigenvalue weighted by Gasteiger charge is 2.47. The monoisotopic (exact) mass is 204 g/mol. The fourth-order valence-electron chi connectivity index (χ4n) is 1.81. The van der Waals surface area contributed by atoms with E-state index in [2.05, 4.69) is 21.3 Å². The number of rotatable bonds is 1. The molecule has 0 radical (unpaired) electrons. The average molecular weight is 204 g/mol. The third kappa shape index (κ3) is 1.24. The molecule has 2 fully saturated rings. The van der Waals surface area contributed by atoms with Gasteiger partial charge in [-0.1, -0.05) is 11.7 Å². The van der Waals surface area contributed by atoms with Crippen LogP contribution in [0.3, 0.4) is 0 Å². The van der Waals surface area contributed by atoms with Crippen molar-refractivity contribution in [2.45, 2.75) is 12.8 Å². The standard InChI is InChI=1S/C7H12N2OS2/c10-6-7(5-8-6)1-3-9(12-11)4-2-7/h11H,1-5H2,(H,8,10).